The minimum absolute atomic E-state index is 0.0639. The van der Waals surface area contributed by atoms with Crippen molar-refractivity contribution in [3.63, 3.8) is 0 Å². The van der Waals surface area contributed by atoms with Gasteiger partial charge in [-0.05, 0) is 41.4 Å². The molecule has 2 rings (SSSR count). The third-order valence-corrected chi connectivity index (χ3v) is 4.76. The number of ketones is 1. The Balaban J connectivity index is 2.75. The molecule has 1 aromatic rings. The number of allylic oxidation sites excluding steroid dienone is 1. The van der Waals surface area contributed by atoms with E-state index in [9.17, 15) is 9.59 Å². The van der Waals surface area contributed by atoms with Crippen LogP contribution >= 0.6 is 0 Å². The molecule has 134 valence electrons. The van der Waals surface area contributed by atoms with E-state index in [1.165, 1.54) is 6.92 Å². The summed E-state index contributed by atoms with van der Waals surface area (Å²) < 4.78 is 0. The van der Waals surface area contributed by atoms with Gasteiger partial charge in [0.2, 0.25) is 0 Å². The molecule has 0 saturated heterocycles. The Kier molecular flexibility index (Phi) is 5.36. The number of nitrogens with zero attached hydrogens (tertiary/aromatic N) is 1. The Morgan fingerprint density at radius 1 is 0.960 bits per heavy atom. The maximum absolute atomic E-state index is 13.2. The van der Waals surface area contributed by atoms with Crippen LogP contribution in [0.1, 0.15) is 71.4 Å². The molecular formula is C22H29NO2. The third kappa shape index (κ3) is 3.20. The number of amides is 1. The molecule has 25 heavy (non-hydrogen) atoms. The number of benzene rings is 1. The monoisotopic (exact) mass is 339 g/mol. The van der Waals surface area contributed by atoms with E-state index in [2.05, 4.69) is 46.4 Å². The smallest absolute Gasteiger partial charge is 0.266 e. The molecule has 1 amide bonds. The summed E-state index contributed by atoms with van der Waals surface area (Å²) >= 11 is 0. The molecule has 1 aromatic carbocycles. The van der Waals surface area contributed by atoms with Crippen molar-refractivity contribution in [3.8, 4) is 0 Å². The predicted octanol–water partition coefficient (Wildman–Crippen LogP) is 5.34. The van der Waals surface area contributed by atoms with Crippen molar-refractivity contribution in [2.45, 2.75) is 60.3 Å². The Morgan fingerprint density at radius 2 is 1.44 bits per heavy atom. The van der Waals surface area contributed by atoms with Gasteiger partial charge >= 0.3 is 0 Å². The van der Waals surface area contributed by atoms with Crippen LogP contribution < -0.4 is 4.90 Å². The Hall–Kier alpha value is -2.16. The summed E-state index contributed by atoms with van der Waals surface area (Å²) in [6.45, 7) is 18.1. The van der Waals surface area contributed by atoms with Gasteiger partial charge < -0.3 is 0 Å². The van der Waals surface area contributed by atoms with Crippen LogP contribution in [-0.2, 0) is 9.59 Å². The largest absolute Gasteiger partial charge is 0.294 e. The van der Waals surface area contributed by atoms with Crippen molar-refractivity contribution < 1.29 is 9.59 Å². The molecule has 0 unspecified atom stereocenters. The van der Waals surface area contributed by atoms with Gasteiger partial charge in [0.25, 0.3) is 5.91 Å². The first kappa shape index (κ1) is 19.2. The highest BCUT2D eigenvalue weighted by molar-refractivity contribution is 6.29. The molecule has 0 aliphatic carbocycles. The highest BCUT2D eigenvalue weighted by Gasteiger charge is 2.40. The van der Waals surface area contributed by atoms with Gasteiger partial charge in [-0.25, -0.2) is 0 Å². The fourth-order valence-corrected chi connectivity index (χ4v) is 3.58. The van der Waals surface area contributed by atoms with Crippen LogP contribution in [0.25, 0.3) is 0 Å². The number of hydrogen-bond acceptors (Lipinski definition) is 2. The molecule has 0 N–H and O–H groups in total. The van der Waals surface area contributed by atoms with E-state index in [4.69, 9.17) is 0 Å². The van der Waals surface area contributed by atoms with Crippen molar-refractivity contribution >= 4 is 17.4 Å². The van der Waals surface area contributed by atoms with Crippen LogP contribution in [0.4, 0.5) is 5.69 Å². The first-order valence-electron chi connectivity index (χ1n) is 9.01. The molecule has 0 radical (unpaired) electrons. The van der Waals surface area contributed by atoms with Crippen molar-refractivity contribution in [3.05, 3.63) is 52.7 Å². The molecule has 0 fully saturated rings. The topological polar surface area (TPSA) is 37.4 Å². The summed E-state index contributed by atoms with van der Waals surface area (Å²) in [6.07, 6.45) is 0. The van der Waals surface area contributed by atoms with Gasteiger partial charge in [-0.2, -0.15) is 0 Å². The van der Waals surface area contributed by atoms with E-state index in [1.807, 2.05) is 19.9 Å². The summed E-state index contributed by atoms with van der Waals surface area (Å²) in [4.78, 5) is 27.1. The highest BCUT2D eigenvalue weighted by atomic mass is 16.2. The number of carbonyl (C=O) groups excluding carboxylic acids is 2. The molecule has 1 aliphatic rings. The second kappa shape index (κ2) is 6.99. The number of carbonyl (C=O) groups is 2. The molecule has 0 aromatic heterocycles. The quantitative estimate of drug-likeness (QED) is 0.679. The van der Waals surface area contributed by atoms with E-state index < -0.39 is 0 Å². The minimum atomic E-state index is -0.240. The van der Waals surface area contributed by atoms with Crippen LogP contribution in [-0.4, -0.2) is 11.7 Å². The summed E-state index contributed by atoms with van der Waals surface area (Å²) in [5.74, 6) is 0.159. The molecule has 3 heteroatoms. The van der Waals surface area contributed by atoms with Crippen LogP contribution in [0.15, 0.2) is 41.6 Å². The van der Waals surface area contributed by atoms with E-state index in [0.717, 1.165) is 22.4 Å². The molecule has 1 heterocycles. The molecule has 0 spiro atoms. The fourth-order valence-electron chi connectivity index (χ4n) is 3.58. The van der Waals surface area contributed by atoms with Crippen LogP contribution in [0.2, 0.25) is 0 Å². The number of Topliss-reactive ketones (excluding diaryl/α,β-unsaturated/α-hetero) is 1. The summed E-state index contributed by atoms with van der Waals surface area (Å²) in [7, 11) is 0. The van der Waals surface area contributed by atoms with E-state index in [1.54, 1.807) is 4.90 Å². The second-order valence-corrected chi connectivity index (χ2v) is 7.68. The van der Waals surface area contributed by atoms with Gasteiger partial charge in [0.1, 0.15) is 0 Å². The lowest BCUT2D eigenvalue weighted by Gasteiger charge is -2.28. The molecule has 3 nitrogen and oxygen atoms in total. The fraction of sp³-hybridized carbons (Fsp3) is 0.455. The minimum Gasteiger partial charge on any atom is -0.294 e. The summed E-state index contributed by atoms with van der Waals surface area (Å²) in [6, 6.07) is 6.17. The molecule has 1 aliphatic heterocycles. The molecule has 0 bridgehead atoms. The van der Waals surface area contributed by atoms with E-state index >= 15 is 0 Å². The van der Waals surface area contributed by atoms with Crippen molar-refractivity contribution in [1.29, 1.82) is 0 Å². The first-order valence-corrected chi connectivity index (χ1v) is 9.01. The Morgan fingerprint density at radius 3 is 1.76 bits per heavy atom. The Labute approximate surface area is 151 Å². The average molecular weight is 339 g/mol. The zero-order chi connectivity index (χ0) is 19.0. The number of anilines is 1. The highest BCUT2D eigenvalue weighted by Crippen LogP contribution is 2.43. The van der Waals surface area contributed by atoms with E-state index in [0.29, 0.717) is 5.70 Å². The maximum atomic E-state index is 13.2. The van der Waals surface area contributed by atoms with Crippen molar-refractivity contribution in [2.75, 3.05) is 4.90 Å². The zero-order valence-electron chi connectivity index (χ0n) is 16.4. The van der Waals surface area contributed by atoms with Gasteiger partial charge in [-0.15, -0.1) is 0 Å². The van der Waals surface area contributed by atoms with Crippen molar-refractivity contribution in [2.24, 2.45) is 5.92 Å². The van der Waals surface area contributed by atoms with E-state index in [-0.39, 0.29) is 35.0 Å². The lowest BCUT2D eigenvalue weighted by atomic mass is 9.91. The molecule has 0 saturated carbocycles. The third-order valence-electron chi connectivity index (χ3n) is 4.76. The average Bonchev–Trinajstić information content (AvgIpc) is 2.77. The number of para-hydroxylation sites is 1. The van der Waals surface area contributed by atoms with Gasteiger partial charge in [-0.1, -0.05) is 66.3 Å². The number of hydrogen-bond donors (Lipinski definition) is 0. The van der Waals surface area contributed by atoms with Gasteiger partial charge in [0.05, 0.1) is 11.3 Å². The van der Waals surface area contributed by atoms with Crippen LogP contribution in [0, 0.1) is 5.92 Å². The van der Waals surface area contributed by atoms with Crippen LogP contribution in [0.3, 0.4) is 0 Å². The predicted molar refractivity (Wildman–Crippen MR) is 104 cm³/mol. The normalized spacial score (nSPS) is 15.4. The summed E-state index contributed by atoms with van der Waals surface area (Å²) in [5.41, 5.74) is 4.80. The summed E-state index contributed by atoms with van der Waals surface area (Å²) in [5, 5.41) is 0. The van der Waals surface area contributed by atoms with Crippen molar-refractivity contribution in [1.82, 2.24) is 0 Å². The lowest BCUT2D eigenvalue weighted by Crippen LogP contribution is -2.29. The maximum Gasteiger partial charge on any atom is 0.266 e. The molecular weight excluding hydrogens is 310 g/mol. The van der Waals surface area contributed by atoms with Crippen LogP contribution in [0.5, 0.6) is 0 Å². The number of rotatable bonds is 5. The molecule has 0 atom stereocenters. The first-order chi connectivity index (χ1) is 11.6. The Bertz CT molecular complexity index is 740. The van der Waals surface area contributed by atoms with Gasteiger partial charge in [0, 0.05) is 5.70 Å². The second-order valence-electron chi connectivity index (χ2n) is 7.68. The van der Waals surface area contributed by atoms with Gasteiger partial charge in [-0.3, -0.25) is 14.5 Å². The lowest BCUT2D eigenvalue weighted by molar-refractivity contribution is -0.119. The van der Waals surface area contributed by atoms with Gasteiger partial charge in [0.15, 0.2) is 5.78 Å². The SMILES string of the molecule is C=C1C(C(C)C)=C(C(C)=O)C(=O)N1c1c(C(C)C)cccc1C(C)C. The standard InChI is InChI=1S/C22H29NO2/c1-12(2)17-10-9-11-18(13(3)4)21(17)23-15(7)19(14(5)6)20(16(8)24)22(23)25/h9-14H,7H2,1-6,8H3. The zero-order valence-corrected chi connectivity index (χ0v) is 16.4.